The Kier molecular flexibility index (Phi) is 1.83. The number of amides is 1. The first-order valence-corrected chi connectivity index (χ1v) is 4.65. The molecule has 3 heteroatoms. The molecular weight excluding hydrogens is 154 g/mol. The van der Waals surface area contributed by atoms with Gasteiger partial charge in [-0.1, -0.05) is 0 Å². The lowest BCUT2D eigenvalue weighted by molar-refractivity contribution is -0.134. The van der Waals surface area contributed by atoms with Crippen LogP contribution in [0.5, 0.6) is 0 Å². The molecule has 0 saturated carbocycles. The van der Waals surface area contributed by atoms with E-state index in [0.29, 0.717) is 12.1 Å². The molecule has 2 saturated heterocycles. The van der Waals surface area contributed by atoms with Crippen molar-refractivity contribution in [1.82, 2.24) is 4.90 Å². The van der Waals surface area contributed by atoms with E-state index in [1.165, 1.54) is 0 Å². The highest BCUT2D eigenvalue weighted by Crippen LogP contribution is 2.35. The third-order valence-electron chi connectivity index (χ3n) is 3.07. The Morgan fingerprint density at radius 2 is 1.83 bits per heavy atom. The van der Waals surface area contributed by atoms with Gasteiger partial charge in [0.25, 0.3) is 0 Å². The van der Waals surface area contributed by atoms with Crippen molar-refractivity contribution < 1.29 is 9.90 Å². The summed E-state index contributed by atoms with van der Waals surface area (Å²) in [7, 11) is 0. The van der Waals surface area contributed by atoms with Gasteiger partial charge in [0.15, 0.2) is 0 Å². The highest BCUT2D eigenvalue weighted by molar-refractivity contribution is 5.74. The van der Waals surface area contributed by atoms with E-state index >= 15 is 0 Å². The molecule has 0 aromatic rings. The fourth-order valence-corrected chi connectivity index (χ4v) is 2.66. The molecule has 2 atom stereocenters. The fraction of sp³-hybridized carbons (Fsp3) is 0.889. The predicted octanol–water partition coefficient (Wildman–Crippen LogP) is 0.521. The van der Waals surface area contributed by atoms with E-state index in [1.54, 1.807) is 6.92 Å². The standard InChI is InChI=1S/C9H15NO2/c1-6(11)10-7-2-3-8(10)5-9(12)4-7/h7-9,12H,2-5H2,1H3/t7-,8-/m0/s1. The van der Waals surface area contributed by atoms with Crippen LogP contribution in [0.3, 0.4) is 0 Å². The molecule has 0 unspecified atom stereocenters. The number of fused-ring (bicyclic) bond motifs is 2. The second kappa shape index (κ2) is 2.73. The topological polar surface area (TPSA) is 40.5 Å². The van der Waals surface area contributed by atoms with Crippen molar-refractivity contribution in [2.24, 2.45) is 0 Å². The maximum Gasteiger partial charge on any atom is 0.219 e. The molecule has 0 radical (unpaired) electrons. The van der Waals surface area contributed by atoms with Crippen molar-refractivity contribution in [3.63, 3.8) is 0 Å². The van der Waals surface area contributed by atoms with Gasteiger partial charge < -0.3 is 10.0 Å². The molecule has 2 aliphatic rings. The number of hydrogen-bond acceptors (Lipinski definition) is 2. The van der Waals surface area contributed by atoms with Gasteiger partial charge in [0.05, 0.1) is 6.10 Å². The smallest absolute Gasteiger partial charge is 0.219 e. The Bertz CT molecular complexity index is 191. The average molecular weight is 169 g/mol. The summed E-state index contributed by atoms with van der Waals surface area (Å²) in [6, 6.07) is 0.660. The molecule has 0 spiro atoms. The zero-order chi connectivity index (χ0) is 8.72. The van der Waals surface area contributed by atoms with Gasteiger partial charge in [-0.3, -0.25) is 4.79 Å². The van der Waals surface area contributed by atoms with Crippen LogP contribution in [0.15, 0.2) is 0 Å². The largest absolute Gasteiger partial charge is 0.393 e. The van der Waals surface area contributed by atoms with Crippen LogP contribution in [-0.4, -0.2) is 34.1 Å². The monoisotopic (exact) mass is 169 g/mol. The van der Waals surface area contributed by atoms with Gasteiger partial charge in [-0.15, -0.1) is 0 Å². The molecule has 2 aliphatic heterocycles. The lowest BCUT2D eigenvalue weighted by Crippen LogP contribution is -2.46. The molecule has 0 aromatic carbocycles. The van der Waals surface area contributed by atoms with E-state index in [0.717, 1.165) is 25.7 Å². The first-order valence-electron chi connectivity index (χ1n) is 4.65. The predicted molar refractivity (Wildman–Crippen MR) is 44.6 cm³/mol. The molecule has 12 heavy (non-hydrogen) atoms. The summed E-state index contributed by atoms with van der Waals surface area (Å²) in [5.41, 5.74) is 0. The van der Waals surface area contributed by atoms with Gasteiger partial charge in [-0.05, 0) is 25.7 Å². The number of rotatable bonds is 0. The Morgan fingerprint density at radius 3 is 2.25 bits per heavy atom. The van der Waals surface area contributed by atoms with Crippen LogP contribution in [0.1, 0.15) is 32.6 Å². The van der Waals surface area contributed by atoms with Gasteiger partial charge in [-0.25, -0.2) is 0 Å². The number of piperidine rings is 1. The second-order valence-electron chi connectivity index (χ2n) is 3.94. The number of aliphatic hydroxyl groups is 1. The Morgan fingerprint density at radius 1 is 1.33 bits per heavy atom. The summed E-state index contributed by atoms with van der Waals surface area (Å²) in [5, 5.41) is 9.45. The molecule has 3 nitrogen and oxygen atoms in total. The molecule has 2 bridgehead atoms. The van der Waals surface area contributed by atoms with Gasteiger partial charge in [0, 0.05) is 19.0 Å². The van der Waals surface area contributed by atoms with Crippen molar-refractivity contribution in [3.8, 4) is 0 Å². The summed E-state index contributed by atoms with van der Waals surface area (Å²) >= 11 is 0. The van der Waals surface area contributed by atoms with Gasteiger partial charge in [-0.2, -0.15) is 0 Å². The maximum absolute atomic E-state index is 11.2. The Labute approximate surface area is 72.4 Å². The molecular formula is C9H15NO2. The van der Waals surface area contributed by atoms with Crippen molar-refractivity contribution in [1.29, 1.82) is 0 Å². The average Bonchev–Trinajstić information content (AvgIpc) is 2.24. The lowest BCUT2D eigenvalue weighted by atomic mass is 10.00. The first kappa shape index (κ1) is 8.05. The minimum Gasteiger partial charge on any atom is -0.393 e. The molecule has 2 rings (SSSR count). The van der Waals surface area contributed by atoms with Gasteiger partial charge >= 0.3 is 0 Å². The van der Waals surface area contributed by atoms with Crippen LogP contribution in [0.2, 0.25) is 0 Å². The summed E-state index contributed by atoms with van der Waals surface area (Å²) in [6.07, 6.45) is 3.58. The third kappa shape index (κ3) is 1.12. The van der Waals surface area contributed by atoms with E-state index in [9.17, 15) is 9.90 Å². The highest BCUT2D eigenvalue weighted by atomic mass is 16.3. The molecule has 1 N–H and O–H groups in total. The summed E-state index contributed by atoms with van der Waals surface area (Å²) in [4.78, 5) is 13.2. The minimum absolute atomic E-state index is 0.168. The third-order valence-corrected chi connectivity index (χ3v) is 3.07. The summed E-state index contributed by atoms with van der Waals surface area (Å²) in [6.45, 7) is 1.63. The van der Waals surface area contributed by atoms with Crippen LogP contribution in [0.25, 0.3) is 0 Å². The molecule has 0 aliphatic carbocycles. The van der Waals surface area contributed by atoms with E-state index < -0.39 is 0 Å². The van der Waals surface area contributed by atoms with Crippen LogP contribution in [-0.2, 0) is 4.79 Å². The van der Waals surface area contributed by atoms with Crippen LogP contribution in [0, 0.1) is 0 Å². The lowest BCUT2D eigenvalue weighted by Gasteiger charge is -2.36. The Balaban J connectivity index is 2.14. The highest BCUT2D eigenvalue weighted by Gasteiger charge is 2.41. The van der Waals surface area contributed by atoms with Crippen molar-refractivity contribution in [2.75, 3.05) is 0 Å². The molecule has 1 amide bonds. The zero-order valence-corrected chi connectivity index (χ0v) is 7.36. The number of aliphatic hydroxyl groups excluding tert-OH is 1. The number of carbonyl (C=O) groups excluding carboxylic acids is 1. The van der Waals surface area contributed by atoms with E-state index in [1.807, 2.05) is 4.90 Å². The maximum atomic E-state index is 11.2. The van der Waals surface area contributed by atoms with E-state index in [2.05, 4.69) is 0 Å². The van der Waals surface area contributed by atoms with Gasteiger partial charge in [0.2, 0.25) is 5.91 Å². The zero-order valence-electron chi connectivity index (χ0n) is 7.36. The first-order chi connectivity index (χ1) is 5.68. The van der Waals surface area contributed by atoms with E-state index in [4.69, 9.17) is 0 Å². The minimum atomic E-state index is -0.168. The summed E-state index contributed by atoms with van der Waals surface area (Å²) in [5.74, 6) is 0.175. The van der Waals surface area contributed by atoms with Crippen LogP contribution < -0.4 is 0 Å². The van der Waals surface area contributed by atoms with Crippen molar-refractivity contribution in [2.45, 2.75) is 50.8 Å². The number of hydrogen-bond donors (Lipinski definition) is 1. The SMILES string of the molecule is CC(=O)N1[C@H]2CC[C@H]1CC(O)C2. The van der Waals surface area contributed by atoms with Crippen LogP contribution in [0.4, 0.5) is 0 Å². The van der Waals surface area contributed by atoms with Gasteiger partial charge in [0.1, 0.15) is 0 Å². The number of nitrogens with zero attached hydrogens (tertiary/aromatic N) is 1. The second-order valence-corrected chi connectivity index (χ2v) is 3.94. The molecule has 2 heterocycles. The molecule has 68 valence electrons. The molecule has 2 fully saturated rings. The van der Waals surface area contributed by atoms with Crippen LogP contribution >= 0.6 is 0 Å². The Hall–Kier alpha value is -0.570. The van der Waals surface area contributed by atoms with Crippen molar-refractivity contribution in [3.05, 3.63) is 0 Å². The summed E-state index contributed by atoms with van der Waals surface area (Å²) < 4.78 is 0. The molecule has 0 aromatic heterocycles. The fourth-order valence-electron chi connectivity index (χ4n) is 2.66. The van der Waals surface area contributed by atoms with E-state index in [-0.39, 0.29) is 12.0 Å². The van der Waals surface area contributed by atoms with Crippen molar-refractivity contribution >= 4 is 5.91 Å². The normalized spacial score (nSPS) is 40.2. The number of carbonyl (C=O) groups is 1. The quantitative estimate of drug-likeness (QED) is 0.574.